The molecule has 13 nitrogen and oxygen atoms in total. The van der Waals surface area contributed by atoms with Crippen molar-refractivity contribution in [1.29, 1.82) is 0 Å². The number of aromatic amines is 1. The number of hydrogen-bond donors (Lipinski definition) is 4. The number of nitrogens with zero attached hydrogens (tertiary/aromatic N) is 3. The standard InChI is InChI=1S/C45H55N7O6/c1-29(2)39(49-43(55)57-3)41(53)51-25-9-13-37(51)35-12-8-11-34(27-46-35)32-17-15-30(16-18-32)31-19-21-33(22-20-31)36-28-47-40(48-36)38-14-10-26-52(38)42(54)45(50-44(56)58-4)23-6-5-7-24-45/h8,15-22,27-29,37-39,46H,5-7,9-11,13-14,23-26H2,1-4H3,(H,47,48)(H,49,55)(H,50,56). The number of carbonyl (C=O) groups excluding carboxylic acids is 4. The van der Waals surface area contributed by atoms with Gasteiger partial charge in [-0.05, 0) is 79.2 Å². The maximum absolute atomic E-state index is 14.1. The Balaban J connectivity index is 0.987. The summed E-state index contributed by atoms with van der Waals surface area (Å²) in [6.07, 6.45) is 12.8. The first kappa shape index (κ1) is 40.4. The van der Waals surface area contributed by atoms with Crippen molar-refractivity contribution >= 4 is 29.6 Å². The highest BCUT2D eigenvalue weighted by Crippen LogP contribution is 2.38. The van der Waals surface area contributed by atoms with E-state index in [9.17, 15) is 19.2 Å². The Labute approximate surface area is 340 Å². The van der Waals surface area contributed by atoms with Gasteiger partial charge in [-0.15, -0.1) is 5.73 Å². The number of amides is 4. The highest BCUT2D eigenvalue weighted by Gasteiger charge is 2.47. The molecule has 306 valence electrons. The molecule has 4 aliphatic rings. The lowest BCUT2D eigenvalue weighted by Gasteiger charge is -2.40. The van der Waals surface area contributed by atoms with Crippen LogP contribution in [0.5, 0.6) is 0 Å². The van der Waals surface area contributed by atoms with Gasteiger partial charge >= 0.3 is 12.2 Å². The molecule has 2 saturated heterocycles. The van der Waals surface area contributed by atoms with Crippen LogP contribution in [0.15, 0.2) is 78.4 Å². The fourth-order valence-electron chi connectivity index (χ4n) is 8.87. The van der Waals surface area contributed by atoms with Crippen LogP contribution in [-0.4, -0.2) is 88.7 Å². The third-order valence-corrected chi connectivity index (χ3v) is 12.1. The molecule has 4 heterocycles. The zero-order chi connectivity index (χ0) is 40.8. The molecule has 3 atom stereocenters. The van der Waals surface area contributed by atoms with Gasteiger partial charge in [-0.3, -0.25) is 9.59 Å². The van der Waals surface area contributed by atoms with E-state index in [0.29, 0.717) is 32.4 Å². The molecule has 13 heteroatoms. The smallest absolute Gasteiger partial charge is 0.407 e. The van der Waals surface area contributed by atoms with Crippen LogP contribution in [-0.2, 0) is 19.1 Å². The number of hydrogen-bond acceptors (Lipinski definition) is 8. The van der Waals surface area contributed by atoms with Gasteiger partial charge in [0, 0.05) is 31.0 Å². The van der Waals surface area contributed by atoms with E-state index < -0.39 is 23.8 Å². The molecular formula is C45H55N7O6. The number of nitrogens with one attached hydrogen (secondary N) is 4. The topological polar surface area (TPSA) is 158 Å². The van der Waals surface area contributed by atoms with E-state index in [0.717, 1.165) is 90.0 Å². The Bertz CT molecular complexity index is 2080. The molecule has 3 aromatic rings. The summed E-state index contributed by atoms with van der Waals surface area (Å²) in [5, 5.41) is 9.08. The summed E-state index contributed by atoms with van der Waals surface area (Å²) < 4.78 is 9.68. The molecule has 2 aromatic carbocycles. The molecule has 0 bridgehead atoms. The Hall–Kier alpha value is -5.81. The van der Waals surface area contributed by atoms with Crippen molar-refractivity contribution in [2.24, 2.45) is 5.92 Å². The maximum atomic E-state index is 14.1. The van der Waals surface area contributed by atoms with Crippen molar-refractivity contribution < 1.29 is 28.7 Å². The molecule has 1 aliphatic carbocycles. The molecule has 3 unspecified atom stereocenters. The summed E-state index contributed by atoms with van der Waals surface area (Å²) >= 11 is 0. The number of carbonyl (C=O) groups is 4. The number of benzene rings is 2. The van der Waals surface area contributed by atoms with Crippen molar-refractivity contribution in [3.05, 3.63) is 89.8 Å². The normalized spacial score (nSPS) is 20.7. The minimum absolute atomic E-state index is 0.0470. The van der Waals surface area contributed by atoms with E-state index in [-0.39, 0.29) is 29.8 Å². The summed E-state index contributed by atoms with van der Waals surface area (Å²) in [5.41, 5.74) is 9.47. The van der Waals surface area contributed by atoms with Gasteiger partial charge in [-0.1, -0.05) is 81.6 Å². The quantitative estimate of drug-likeness (QED) is 0.157. The number of allylic oxidation sites excluding steroid dienone is 1. The number of alkyl carbamates (subject to hydrolysis) is 2. The van der Waals surface area contributed by atoms with Crippen molar-refractivity contribution in [2.75, 3.05) is 27.3 Å². The maximum Gasteiger partial charge on any atom is 0.407 e. The van der Waals surface area contributed by atoms with Gasteiger partial charge < -0.3 is 40.2 Å². The zero-order valence-corrected chi connectivity index (χ0v) is 33.9. The summed E-state index contributed by atoms with van der Waals surface area (Å²) in [6.45, 7) is 5.07. The van der Waals surface area contributed by atoms with Gasteiger partial charge in [0.15, 0.2) is 0 Å². The molecule has 58 heavy (non-hydrogen) atoms. The van der Waals surface area contributed by atoms with E-state index in [1.807, 2.05) is 42.1 Å². The Morgan fingerprint density at radius 1 is 0.810 bits per heavy atom. The molecule has 0 radical (unpaired) electrons. The van der Waals surface area contributed by atoms with Crippen LogP contribution in [0.1, 0.15) is 95.5 Å². The van der Waals surface area contributed by atoms with Gasteiger partial charge in [0.05, 0.1) is 37.7 Å². The predicted molar refractivity (Wildman–Crippen MR) is 221 cm³/mol. The van der Waals surface area contributed by atoms with Crippen molar-refractivity contribution in [2.45, 2.75) is 102 Å². The second-order valence-electron chi connectivity index (χ2n) is 16.1. The average molecular weight is 790 g/mol. The lowest BCUT2D eigenvalue weighted by atomic mass is 9.80. The molecule has 1 saturated carbocycles. The number of H-pyrrole nitrogens is 1. The fourth-order valence-corrected chi connectivity index (χ4v) is 8.87. The van der Waals surface area contributed by atoms with Gasteiger partial charge in [-0.25, -0.2) is 14.6 Å². The molecule has 3 fully saturated rings. The van der Waals surface area contributed by atoms with Gasteiger partial charge in [-0.2, -0.15) is 0 Å². The average Bonchev–Trinajstić information content (AvgIpc) is 4.02. The second-order valence-corrected chi connectivity index (χ2v) is 16.1. The number of ether oxygens (including phenoxy) is 2. The highest BCUT2D eigenvalue weighted by molar-refractivity contribution is 5.91. The zero-order valence-electron chi connectivity index (χ0n) is 33.9. The van der Waals surface area contributed by atoms with Gasteiger partial charge in [0.1, 0.15) is 17.4 Å². The summed E-state index contributed by atoms with van der Waals surface area (Å²) in [4.78, 5) is 64.0. The first-order valence-electron chi connectivity index (χ1n) is 20.6. The van der Waals surface area contributed by atoms with Crippen LogP contribution < -0.4 is 16.0 Å². The Morgan fingerprint density at radius 2 is 1.43 bits per heavy atom. The van der Waals surface area contributed by atoms with Crippen LogP contribution >= 0.6 is 0 Å². The van der Waals surface area contributed by atoms with Crippen LogP contribution in [0.25, 0.3) is 28.0 Å². The lowest BCUT2D eigenvalue weighted by molar-refractivity contribution is -0.141. The minimum Gasteiger partial charge on any atom is -0.453 e. The van der Waals surface area contributed by atoms with E-state index >= 15 is 0 Å². The number of methoxy groups -OCH3 is 2. The molecular weight excluding hydrogens is 735 g/mol. The molecule has 4 N–H and O–H groups in total. The lowest BCUT2D eigenvalue weighted by Crippen LogP contribution is -2.60. The molecule has 0 spiro atoms. The molecule has 3 aliphatic heterocycles. The summed E-state index contributed by atoms with van der Waals surface area (Å²) in [6, 6.07) is 15.8. The third-order valence-electron chi connectivity index (χ3n) is 12.1. The minimum atomic E-state index is -0.940. The predicted octanol–water partition coefficient (Wildman–Crippen LogP) is 7.21. The van der Waals surface area contributed by atoms with E-state index in [1.165, 1.54) is 14.2 Å². The van der Waals surface area contributed by atoms with Crippen molar-refractivity contribution in [3.63, 3.8) is 0 Å². The van der Waals surface area contributed by atoms with Crippen LogP contribution in [0.3, 0.4) is 0 Å². The Morgan fingerprint density at radius 3 is 2.09 bits per heavy atom. The highest BCUT2D eigenvalue weighted by atomic mass is 16.5. The van der Waals surface area contributed by atoms with Crippen LogP contribution in [0.4, 0.5) is 9.59 Å². The third kappa shape index (κ3) is 8.55. The number of imidazole rings is 1. The Kier molecular flexibility index (Phi) is 12.4. The molecule has 7 rings (SSSR count). The van der Waals surface area contributed by atoms with E-state index in [4.69, 9.17) is 14.5 Å². The first-order valence-corrected chi connectivity index (χ1v) is 20.6. The SMILES string of the molecule is COC(=O)NC(C(=O)N1CCCC1C1=C=CCC(c2ccc(-c3ccc(-c4c[nH]c(C5CCCN5C(=O)C5(NC(=O)OC)CCCCC5)n4)cc3)cc2)=CN1)C(C)C. The number of likely N-dealkylation sites (tertiary alicyclic amines) is 2. The van der Waals surface area contributed by atoms with E-state index in [2.05, 4.69) is 75.2 Å². The van der Waals surface area contributed by atoms with Gasteiger partial charge in [0.2, 0.25) is 11.8 Å². The van der Waals surface area contributed by atoms with Crippen molar-refractivity contribution in [1.82, 2.24) is 35.7 Å². The first-order chi connectivity index (χ1) is 28.1. The summed E-state index contributed by atoms with van der Waals surface area (Å²) in [7, 11) is 2.63. The van der Waals surface area contributed by atoms with Crippen LogP contribution in [0, 0.1) is 5.92 Å². The van der Waals surface area contributed by atoms with Crippen molar-refractivity contribution in [3.8, 4) is 22.4 Å². The fraction of sp³-hybridized carbons (Fsp3) is 0.467. The van der Waals surface area contributed by atoms with Crippen LogP contribution in [0.2, 0.25) is 0 Å². The largest absolute Gasteiger partial charge is 0.453 e. The van der Waals surface area contributed by atoms with Gasteiger partial charge in [0.25, 0.3) is 0 Å². The van der Waals surface area contributed by atoms with E-state index in [1.54, 1.807) is 0 Å². The monoisotopic (exact) mass is 789 g/mol. The molecule has 4 amide bonds. The summed E-state index contributed by atoms with van der Waals surface area (Å²) in [5.74, 6) is 0.498. The molecule has 1 aromatic heterocycles. The number of rotatable bonds is 10. The number of aromatic nitrogens is 2. The second kappa shape index (κ2) is 17.8.